The van der Waals surface area contributed by atoms with E-state index in [0.717, 1.165) is 37.2 Å². The molecule has 0 aromatic carbocycles. The lowest BCUT2D eigenvalue weighted by Gasteiger charge is -2.38. The standard InChI is InChI=1S/C17H28N4/c1-17(2,3)18-12-14-6-4-8-16(19-14)21-11-10-20-9-5-7-15(20)13-21/h4,6,8,15,18H,5,7,9-13H2,1-3H3. The van der Waals surface area contributed by atoms with Crippen LogP contribution < -0.4 is 10.2 Å². The quantitative estimate of drug-likeness (QED) is 0.924. The Labute approximate surface area is 128 Å². The first-order valence-electron chi connectivity index (χ1n) is 8.21. The predicted octanol–water partition coefficient (Wildman–Crippen LogP) is 2.25. The molecule has 21 heavy (non-hydrogen) atoms. The molecule has 1 aromatic rings. The summed E-state index contributed by atoms with van der Waals surface area (Å²) in [6.45, 7) is 12.1. The Kier molecular flexibility index (Phi) is 4.18. The largest absolute Gasteiger partial charge is 0.354 e. The second-order valence-electron chi connectivity index (χ2n) is 7.37. The third-order valence-corrected chi connectivity index (χ3v) is 4.50. The van der Waals surface area contributed by atoms with Gasteiger partial charge in [0.25, 0.3) is 0 Å². The highest BCUT2D eigenvalue weighted by atomic mass is 15.3. The molecule has 2 fully saturated rings. The maximum absolute atomic E-state index is 4.86. The molecule has 1 aromatic heterocycles. The van der Waals surface area contributed by atoms with Gasteiger partial charge in [0.05, 0.1) is 5.69 Å². The Morgan fingerprint density at radius 3 is 2.90 bits per heavy atom. The zero-order chi connectivity index (χ0) is 14.9. The summed E-state index contributed by atoms with van der Waals surface area (Å²) in [5.74, 6) is 1.15. The van der Waals surface area contributed by atoms with Crippen LogP contribution in [0, 0.1) is 0 Å². The van der Waals surface area contributed by atoms with E-state index < -0.39 is 0 Å². The van der Waals surface area contributed by atoms with Gasteiger partial charge in [0.15, 0.2) is 0 Å². The molecule has 3 heterocycles. The van der Waals surface area contributed by atoms with Gasteiger partial charge in [-0.05, 0) is 52.3 Å². The van der Waals surface area contributed by atoms with E-state index in [4.69, 9.17) is 4.98 Å². The number of aromatic nitrogens is 1. The molecule has 2 aliphatic heterocycles. The first kappa shape index (κ1) is 14.8. The molecule has 0 amide bonds. The van der Waals surface area contributed by atoms with E-state index in [1.54, 1.807) is 0 Å². The van der Waals surface area contributed by atoms with Crippen molar-refractivity contribution in [3.63, 3.8) is 0 Å². The SMILES string of the molecule is CC(C)(C)NCc1cccc(N2CCN3CCCC3C2)n1. The number of piperazine rings is 1. The van der Waals surface area contributed by atoms with Gasteiger partial charge in [-0.3, -0.25) is 4.90 Å². The lowest BCUT2D eigenvalue weighted by atomic mass is 10.1. The van der Waals surface area contributed by atoms with Crippen LogP contribution in [0.4, 0.5) is 5.82 Å². The van der Waals surface area contributed by atoms with Crippen molar-refractivity contribution in [2.75, 3.05) is 31.1 Å². The lowest BCUT2D eigenvalue weighted by molar-refractivity contribution is 0.230. The fourth-order valence-corrected chi connectivity index (χ4v) is 3.30. The fraction of sp³-hybridized carbons (Fsp3) is 0.706. The summed E-state index contributed by atoms with van der Waals surface area (Å²) in [4.78, 5) is 9.96. The van der Waals surface area contributed by atoms with Crippen molar-refractivity contribution in [2.24, 2.45) is 0 Å². The van der Waals surface area contributed by atoms with Crippen LogP contribution in [0.5, 0.6) is 0 Å². The zero-order valence-electron chi connectivity index (χ0n) is 13.6. The molecule has 4 nitrogen and oxygen atoms in total. The number of nitrogens with one attached hydrogen (secondary N) is 1. The summed E-state index contributed by atoms with van der Waals surface area (Å²) in [5.41, 5.74) is 1.27. The van der Waals surface area contributed by atoms with Crippen molar-refractivity contribution in [3.05, 3.63) is 23.9 Å². The highest BCUT2D eigenvalue weighted by Gasteiger charge is 2.30. The number of hydrogen-bond acceptors (Lipinski definition) is 4. The second kappa shape index (κ2) is 5.93. The molecule has 116 valence electrons. The van der Waals surface area contributed by atoms with Crippen LogP contribution >= 0.6 is 0 Å². The highest BCUT2D eigenvalue weighted by Crippen LogP contribution is 2.24. The molecule has 3 rings (SSSR count). The summed E-state index contributed by atoms with van der Waals surface area (Å²) in [6, 6.07) is 7.17. The summed E-state index contributed by atoms with van der Waals surface area (Å²) < 4.78 is 0. The summed E-state index contributed by atoms with van der Waals surface area (Å²) in [5, 5.41) is 3.52. The van der Waals surface area contributed by atoms with Gasteiger partial charge in [-0.1, -0.05) is 6.07 Å². The maximum atomic E-state index is 4.86. The van der Waals surface area contributed by atoms with Crippen LogP contribution in [0.1, 0.15) is 39.3 Å². The predicted molar refractivity (Wildman–Crippen MR) is 87.6 cm³/mol. The van der Waals surface area contributed by atoms with E-state index in [9.17, 15) is 0 Å². The maximum Gasteiger partial charge on any atom is 0.128 e. The van der Waals surface area contributed by atoms with Crippen molar-refractivity contribution in [2.45, 2.75) is 51.7 Å². The van der Waals surface area contributed by atoms with Gasteiger partial charge in [0, 0.05) is 37.8 Å². The Morgan fingerprint density at radius 2 is 2.10 bits per heavy atom. The second-order valence-corrected chi connectivity index (χ2v) is 7.37. The first-order chi connectivity index (χ1) is 10.0. The third-order valence-electron chi connectivity index (χ3n) is 4.50. The first-order valence-corrected chi connectivity index (χ1v) is 8.21. The van der Waals surface area contributed by atoms with Gasteiger partial charge in [-0.15, -0.1) is 0 Å². The summed E-state index contributed by atoms with van der Waals surface area (Å²) in [6.07, 6.45) is 2.71. The number of rotatable bonds is 3. The Balaban J connectivity index is 1.65. The minimum Gasteiger partial charge on any atom is -0.354 e. The van der Waals surface area contributed by atoms with Gasteiger partial charge in [-0.2, -0.15) is 0 Å². The van der Waals surface area contributed by atoms with Crippen LogP contribution in [-0.4, -0.2) is 47.6 Å². The van der Waals surface area contributed by atoms with Crippen molar-refractivity contribution >= 4 is 5.82 Å². The van der Waals surface area contributed by atoms with Crippen molar-refractivity contribution < 1.29 is 0 Å². The van der Waals surface area contributed by atoms with Crippen molar-refractivity contribution in [1.29, 1.82) is 0 Å². The van der Waals surface area contributed by atoms with Crippen LogP contribution in [-0.2, 0) is 6.54 Å². The fourth-order valence-electron chi connectivity index (χ4n) is 3.30. The van der Waals surface area contributed by atoms with E-state index in [0.29, 0.717) is 0 Å². The molecule has 0 spiro atoms. The molecule has 0 bridgehead atoms. The molecule has 0 radical (unpaired) electrons. The van der Waals surface area contributed by atoms with Gasteiger partial charge < -0.3 is 10.2 Å². The van der Waals surface area contributed by atoms with Crippen LogP contribution in [0.2, 0.25) is 0 Å². The van der Waals surface area contributed by atoms with E-state index >= 15 is 0 Å². The molecule has 2 saturated heterocycles. The van der Waals surface area contributed by atoms with Crippen molar-refractivity contribution in [1.82, 2.24) is 15.2 Å². The van der Waals surface area contributed by atoms with Crippen molar-refractivity contribution in [3.8, 4) is 0 Å². The topological polar surface area (TPSA) is 31.4 Å². The smallest absolute Gasteiger partial charge is 0.128 e. The Bertz CT molecular complexity index is 480. The summed E-state index contributed by atoms with van der Waals surface area (Å²) >= 11 is 0. The minimum absolute atomic E-state index is 0.132. The zero-order valence-corrected chi connectivity index (χ0v) is 13.6. The monoisotopic (exact) mass is 288 g/mol. The molecular weight excluding hydrogens is 260 g/mol. The number of anilines is 1. The van der Waals surface area contributed by atoms with Crippen LogP contribution in [0.3, 0.4) is 0 Å². The van der Waals surface area contributed by atoms with Gasteiger partial charge >= 0.3 is 0 Å². The number of fused-ring (bicyclic) bond motifs is 1. The average Bonchev–Trinajstić information content (AvgIpc) is 2.92. The van der Waals surface area contributed by atoms with E-state index in [1.807, 2.05) is 0 Å². The summed E-state index contributed by atoms with van der Waals surface area (Å²) in [7, 11) is 0. The minimum atomic E-state index is 0.132. The van der Waals surface area contributed by atoms with E-state index in [2.05, 4.69) is 54.1 Å². The van der Waals surface area contributed by atoms with Crippen LogP contribution in [0.25, 0.3) is 0 Å². The Morgan fingerprint density at radius 1 is 1.24 bits per heavy atom. The molecule has 1 N–H and O–H groups in total. The van der Waals surface area contributed by atoms with E-state index in [1.165, 1.54) is 25.9 Å². The third kappa shape index (κ3) is 3.74. The Hall–Kier alpha value is -1.13. The van der Waals surface area contributed by atoms with Gasteiger partial charge in [0.2, 0.25) is 0 Å². The molecule has 4 heteroatoms. The normalized spacial score (nSPS) is 23.4. The van der Waals surface area contributed by atoms with Gasteiger partial charge in [0.1, 0.15) is 5.82 Å². The average molecular weight is 288 g/mol. The highest BCUT2D eigenvalue weighted by molar-refractivity contribution is 5.40. The van der Waals surface area contributed by atoms with Gasteiger partial charge in [-0.25, -0.2) is 4.98 Å². The molecule has 0 saturated carbocycles. The van der Waals surface area contributed by atoms with Crippen LogP contribution in [0.15, 0.2) is 18.2 Å². The number of pyridine rings is 1. The lowest BCUT2D eigenvalue weighted by Crippen LogP contribution is -2.50. The molecule has 1 unspecified atom stereocenters. The molecular formula is C17H28N4. The number of hydrogen-bond donors (Lipinski definition) is 1. The molecule has 2 aliphatic rings. The molecule has 1 atom stereocenters. The molecule has 0 aliphatic carbocycles. The number of nitrogens with zero attached hydrogens (tertiary/aromatic N) is 3. The van der Waals surface area contributed by atoms with E-state index in [-0.39, 0.29) is 5.54 Å².